The predicted molar refractivity (Wildman–Crippen MR) is 121 cm³/mol. The molecule has 180 valence electrons. The van der Waals surface area contributed by atoms with Crippen molar-refractivity contribution in [2.24, 2.45) is 0 Å². The number of rotatable bonds is 6. The number of nitrogens with one attached hydrogen (secondary N) is 1. The number of amides is 1. The molecule has 1 atom stereocenters. The molecule has 2 N–H and O–H groups in total. The van der Waals surface area contributed by atoms with Gasteiger partial charge >= 0.3 is 6.18 Å². The van der Waals surface area contributed by atoms with E-state index < -0.39 is 17.8 Å². The monoisotopic (exact) mass is 474 g/mol. The average Bonchev–Trinajstić information content (AvgIpc) is 2.84. The topological polar surface area (TPSA) is 77.9 Å². The number of carbonyl (C=O) groups is 1. The molecule has 1 aliphatic rings. The summed E-state index contributed by atoms with van der Waals surface area (Å²) < 4.78 is 45.1. The van der Waals surface area contributed by atoms with E-state index in [2.05, 4.69) is 9.88 Å². The van der Waals surface area contributed by atoms with Gasteiger partial charge in [-0.2, -0.15) is 13.2 Å². The molecule has 2 heterocycles. The van der Waals surface area contributed by atoms with Crippen molar-refractivity contribution < 1.29 is 27.9 Å². The second-order valence-corrected chi connectivity index (χ2v) is 8.17. The number of pyridine rings is 1. The third kappa shape index (κ3) is 5.07. The van der Waals surface area contributed by atoms with Crippen molar-refractivity contribution in [3.05, 3.63) is 65.9 Å². The molecule has 4 rings (SSSR count). The maximum atomic E-state index is 13.3. The molecule has 0 unspecified atom stereocenters. The fraction of sp³-hybridized carbons (Fsp3) is 0.333. The van der Waals surface area contributed by atoms with Crippen LogP contribution in [0.25, 0.3) is 10.9 Å². The highest BCUT2D eigenvalue weighted by Gasteiger charge is 2.34. The van der Waals surface area contributed by atoms with Crippen LogP contribution in [0, 0.1) is 0 Å². The van der Waals surface area contributed by atoms with E-state index in [0.29, 0.717) is 31.4 Å². The van der Waals surface area contributed by atoms with Crippen LogP contribution in [0.15, 0.2) is 54.6 Å². The number of methoxy groups -OCH3 is 1. The smallest absolute Gasteiger partial charge is 0.433 e. The van der Waals surface area contributed by atoms with Crippen molar-refractivity contribution in [3.63, 3.8) is 0 Å². The highest BCUT2D eigenvalue weighted by molar-refractivity contribution is 5.96. The molecule has 0 saturated carbocycles. The van der Waals surface area contributed by atoms with Crippen LogP contribution in [0.3, 0.4) is 0 Å². The summed E-state index contributed by atoms with van der Waals surface area (Å²) in [7, 11) is 1.40. The number of benzene rings is 2. The number of fused-ring (bicyclic) bond motifs is 1. The third-order valence-corrected chi connectivity index (χ3v) is 6.04. The van der Waals surface area contributed by atoms with E-state index in [1.165, 1.54) is 13.2 Å². The Bertz CT molecular complexity index is 1160. The van der Waals surface area contributed by atoms with Crippen molar-refractivity contribution in [1.29, 1.82) is 0 Å². The van der Waals surface area contributed by atoms with Crippen LogP contribution in [0.1, 0.15) is 11.3 Å². The fourth-order valence-electron chi connectivity index (χ4n) is 4.39. The molecule has 0 bridgehead atoms. The van der Waals surface area contributed by atoms with Gasteiger partial charge in [0.15, 0.2) is 0 Å². The van der Waals surface area contributed by atoms with E-state index in [0.717, 1.165) is 17.3 Å². The molecule has 3 aromatic rings. The lowest BCUT2D eigenvalue weighted by molar-refractivity contribution is -0.141. The molecule has 1 aromatic heterocycles. The van der Waals surface area contributed by atoms with E-state index in [1.807, 2.05) is 41.3 Å². The summed E-state index contributed by atoms with van der Waals surface area (Å²) >= 11 is 0. The number of hydrogen-bond donors (Lipinski definition) is 2. The highest BCUT2D eigenvalue weighted by atomic mass is 19.4. The summed E-state index contributed by atoms with van der Waals surface area (Å²) in [5.41, 5.74) is 2.71. The minimum Gasteiger partial charge on any atom is -0.494 e. The molecule has 0 radical (unpaired) electrons. The number of hydroxylamine groups is 1. The largest absolute Gasteiger partial charge is 0.494 e. The number of anilines is 1. The first-order chi connectivity index (χ1) is 16.3. The zero-order valence-electron chi connectivity index (χ0n) is 18.5. The molecule has 0 aliphatic carbocycles. The van der Waals surface area contributed by atoms with E-state index in [4.69, 9.17) is 9.94 Å². The minimum atomic E-state index is -4.56. The molecule has 1 aliphatic heterocycles. The lowest BCUT2D eigenvalue weighted by Crippen LogP contribution is -2.56. The van der Waals surface area contributed by atoms with Crippen LogP contribution in [0.2, 0.25) is 0 Å². The van der Waals surface area contributed by atoms with Crippen LogP contribution in [-0.2, 0) is 17.4 Å². The SMILES string of the molecule is COc1ccc(N2CCN(CC(=O)NO)[C@@H](Cc3ccccc3)C2)c2ccc(C(F)(F)F)nc12. The van der Waals surface area contributed by atoms with Crippen LogP contribution in [-0.4, -0.2) is 60.3 Å². The Morgan fingerprint density at radius 3 is 2.59 bits per heavy atom. The summed E-state index contributed by atoms with van der Waals surface area (Å²) in [5, 5.41) is 9.55. The zero-order chi connectivity index (χ0) is 24.3. The molecular weight excluding hydrogens is 449 g/mol. The van der Waals surface area contributed by atoms with Gasteiger partial charge in [0.05, 0.1) is 13.7 Å². The Labute approximate surface area is 194 Å². The second kappa shape index (κ2) is 9.86. The van der Waals surface area contributed by atoms with Gasteiger partial charge in [0.2, 0.25) is 0 Å². The Morgan fingerprint density at radius 1 is 1.15 bits per heavy atom. The van der Waals surface area contributed by atoms with Crippen LogP contribution in [0.5, 0.6) is 5.75 Å². The fourth-order valence-corrected chi connectivity index (χ4v) is 4.39. The summed E-state index contributed by atoms with van der Waals surface area (Å²) in [6.07, 6.45) is -3.89. The lowest BCUT2D eigenvalue weighted by atomic mass is 10.0. The molecular formula is C24H25F3N4O3. The summed E-state index contributed by atoms with van der Waals surface area (Å²) in [6.45, 7) is 1.66. The molecule has 7 nitrogen and oxygen atoms in total. The average molecular weight is 474 g/mol. The quantitative estimate of drug-likeness (QED) is 0.421. The maximum Gasteiger partial charge on any atom is 0.433 e. The highest BCUT2D eigenvalue weighted by Crippen LogP contribution is 2.37. The first-order valence-electron chi connectivity index (χ1n) is 10.8. The van der Waals surface area contributed by atoms with Crippen molar-refractivity contribution in [3.8, 4) is 5.75 Å². The third-order valence-electron chi connectivity index (χ3n) is 6.04. The first kappa shape index (κ1) is 23.8. The van der Waals surface area contributed by atoms with Gasteiger partial charge in [-0.3, -0.25) is 14.9 Å². The van der Waals surface area contributed by atoms with Gasteiger partial charge in [0, 0.05) is 36.7 Å². The predicted octanol–water partition coefficient (Wildman–Crippen LogP) is 3.50. The number of alkyl halides is 3. The Kier molecular flexibility index (Phi) is 6.90. The maximum absolute atomic E-state index is 13.3. The number of ether oxygens (including phenoxy) is 1. The molecule has 34 heavy (non-hydrogen) atoms. The van der Waals surface area contributed by atoms with Gasteiger partial charge in [0.25, 0.3) is 5.91 Å². The second-order valence-electron chi connectivity index (χ2n) is 8.17. The standard InChI is InChI=1S/C24H25F3N4O3/c1-34-20-9-8-19(18-7-10-21(24(25,26)27)28-23(18)20)31-12-11-30(15-22(32)29-33)17(14-31)13-16-5-3-2-4-6-16/h2-10,17,33H,11-15H2,1H3,(H,29,32)/t17-/m0/s1. The van der Waals surface area contributed by atoms with E-state index in [9.17, 15) is 18.0 Å². The number of hydrogen-bond acceptors (Lipinski definition) is 6. The zero-order valence-corrected chi connectivity index (χ0v) is 18.5. The molecule has 10 heteroatoms. The normalized spacial score (nSPS) is 17.1. The van der Waals surface area contributed by atoms with Gasteiger partial charge < -0.3 is 9.64 Å². The van der Waals surface area contributed by atoms with Crippen molar-refractivity contribution in [2.75, 3.05) is 38.2 Å². The van der Waals surface area contributed by atoms with Gasteiger partial charge in [-0.1, -0.05) is 30.3 Å². The molecule has 1 saturated heterocycles. The molecule has 1 fully saturated rings. The molecule has 0 spiro atoms. The molecule has 1 amide bonds. The lowest BCUT2D eigenvalue weighted by Gasteiger charge is -2.42. The van der Waals surface area contributed by atoms with Crippen LogP contribution < -0.4 is 15.1 Å². The van der Waals surface area contributed by atoms with E-state index >= 15 is 0 Å². The van der Waals surface area contributed by atoms with Crippen molar-refractivity contribution >= 4 is 22.5 Å². The van der Waals surface area contributed by atoms with Gasteiger partial charge in [-0.05, 0) is 36.2 Å². The molecule has 2 aromatic carbocycles. The van der Waals surface area contributed by atoms with Gasteiger partial charge in [0.1, 0.15) is 17.0 Å². The summed E-state index contributed by atoms with van der Waals surface area (Å²) in [6, 6.07) is 15.6. The number of carbonyl (C=O) groups excluding carboxylic acids is 1. The van der Waals surface area contributed by atoms with E-state index in [1.54, 1.807) is 11.5 Å². The van der Waals surface area contributed by atoms with Crippen LogP contribution in [0.4, 0.5) is 18.9 Å². The first-order valence-corrected chi connectivity index (χ1v) is 10.8. The van der Waals surface area contributed by atoms with Crippen molar-refractivity contribution in [2.45, 2.75) is 18.6 Å². The summed E-state index contributed by atoms with van der Waals surface area (Å²) in [4.78, 5) is 19.8. The van der Waals surface area contributed by atoms with Gasteiger partial charge in [-0.25, -0.2) is 10.5 Å². The minimum absolute atomic E-state index is 0.0434. The summed E-state index contributed by atoms with van der Waals surface area (Å²) in [5.74, 6) is -0.228. The number of piperazine rings is 1. The van der Waals surface area contributed by atoms with Crippen molar-refractivity contribution in [1.82, 2.24) is 15.4 Å². The Balaban J connectivity index is 1.68. The number of aromatic nitrogens is 1. The number of halogens is 3. The van der Waals surface area contributed by atoms with Gasteiger partial charge in [-0.15, -0.1) is 0 Å². The Hall–Kier alpha value is -3.37. The van der Waals surface area contributed by atoms with Crippen LogP contribution >= 0.6 is 0 Å². The Morgan fingerprint density at radius 2 is 1.91 bits per heavy atom. The number of nitrogens with zero attached hydrogens (tertiary/aromatic N) is 3. The van der Waals surface area contributed by atoms with E-state index in [-0.39, 0.29) is 23.9 Å².